The van der Waals surface area contributed by atoms with E-state index in [0.717, 1.165) is 51.4 Å². The Morgan fingerprint density at radius 2 is 1.63 bits per heavy atom. The Bertz CT molecular complexity index is 1580. The molecule has 2 aliphatic rings. The second-order valence-corrected chi connectivity index (χ2v) is 13.3. The maximum atomic E-state index is 14.5. The van der Waals surface area contributed by atoms with Crippen LogP contribution in [0.2, 0.25) is 0 Å². The van der Waals surface area contributed by atoms with E-state index in [1.54, 1.807) is 34.6 Å². The molecule has 1 amide bonds. The zero-order chi connectivity index (χ0) is 33.2. The van der Waals surface area contributed by atoms with Crippen LogP contribution in [0.4, 0.5) is 15.9 Å². The number of thioether (sulfide) groups is 1. The molecule has 1 aromatic carbocycles. The van der Waals surface area contributed by atoms with Crippen molar-refractivity contribution in [2.45, 2.75) is 78.2 Å². The molecule has 2 fully saturated rings. The van der Waals surface area contributed by atoms with E-state index >= 15 is 0 Å². The molecule has 0 unspecified atom stereocenters. The fourth-order valence-electron chi connectivity index (χ4n) is 6.08. The van der Waals surface area contributed by atoms with Crippen molar-refractivity contribution in [3.63, 3.8) is 0 Å². The minimum absolute atomic E-state index is 0.0548. The Morgan fingerprint density at radius 3 is 2.24 bits per heavy atom. The molecule has 246 valence electrons. The van der Waals surface area contributed by atoms with E-state index in [9.17, 15) is 24.0 Å². The molecule has 1 N–H and O–H groups in total. The van der Waals surface area contributed by atoms with Gasteiger partial charge in [-0.1, -0.05) is 74.6 Å². The molecule has 2 aromatic rings. The average Bonchev–Trinajstić information content (AvgIpc) is 3.30. The van der Waals surface area contributed by atoms with Gasteiger partial charge in [0.15, 0.2) is 0 Å². The van der Waals surface area contributed by atoms with Crippen LogP contribution < -0.4 is 15.4 Å². The number of halogens is 1. The largest absolute Gasteiger partial charge is 0.481 e. The van der Waals surface area contributed by atoms with E-state index in [1.807, 2.05) is 17.9 Å². The van der Waals surface area contributed by atoms with Crippen molar-refractivity contribution in [2.24, 2.45) is 0 Å². The topological polar surface area (TPSA) is 110 Å². The molecular formula is C34H42FN5O4S2. The van der Waals surface area contributed by atoms with Gasteiger partial charge in [-0.25, -0.2) is 4.39 Å². The van der Waals surface area contributed by atoms with Crippen LogP contribution in [0.3, 0.4) is 0 Å². The van der Waals surface area contributed by atoms with Gasteiger partial charge in [-0.15, -0.1) is 0 Å². The number of rotatable bonds is 15. The number of carbonyl (C=O) groups excluding carboxylic acids is 1. The first kappa shape index (κ1) is 35.2. The highest BCUT2D eigenvalue weighted by Crippen LogP contribution is 2.36. The lowest BCUT2D eigenvalue weighted by Crippen LogP contribution is -2.49. The molecule has 9 nitrogen and oxygen atoms in total. The van der Waals surface area contributed by atoms with Gasteiger partial charge in [-0.2, -0.15) is 5.26 Å². The monoisotopic (exact) mass is 667 g/mol. The Morgan fingerprint density at radius 1 is 1.02 bits per heavy atom. The van der Waals surface area contributed by atoms with E-state index in [-0.39, 0.29) is 29.3 Å². The molecule has 46 heavy (non-hydrogen) atoms. The number of nitrogens with zero attached hydrogens (tertiary/aromatic N) is 5. The van der Waals surface area contributed by atoms with Gasteiger partial charge in [-0.3, -0.25) is 23.9 Å². The van der Waals surface area contributed by atoms with Gasteiger partial charge in [0, 0.05) is 51.3 Å². The first-order valence-electron chi connectivity index (χ1n) is 16.1. The number of pyridine rings is 1. The van der Waals surface area contributed by atoms with Gasteiger partial charge in [-0.05, 0) is 50.5 Å². The standard InChI is InChI=1S/C34H42FN5O4S2/c1-3-39-31(38-20-18-37(19-21-38)28-15-12-11-14-27(28)35)25(24(2)26(23-36)32(39)43)22-29-33(44)40(34(45)46-29)17-13-9-7-5-4-6-8-10-16-30(41)42/h11-12,14-15,22H,3-10,13,16-21H2,1-2H3,(H,41,42)/b29-22-. The average molecular weight is 668 g/mol. The van der Waals surface area contributed by atoms with Crippen LogP contribution in [0.5, 0.6) is 0 Å². The second kappa shape index (κ2) is 16.7. The van der Waals surface area contributed by atoms with Crippen molar-refractivity contribution in [1.29, 1.82) is 5.26 Å². The highest BCUT2D eigenvalue weighted by molar-refractivity contribution is 8.26. The number of carboxylic acids is 1. The van der Waals surface area contributed by atoms with Crippen molar-refractivity contribution >= 4 is 57.8 Å². The smallest absolute Gasteiger partial charge is 0.303 e. The number of thiocarbonyl (C=S) groups is 1. The van der Waals surface area contributed by atoms with Gasteiger partial charge in [0.25, 0.3) is 11.5 Å². The number of para-hydroxylation sites is 1. The fraction of sp³-hybridized carbons (Fsp3) is 0.500. The summed E-state index contributed by atoms with van der Waals surface area (Å²) in [5.74, 6) is -0.529. The second-order valence-electron chi connectivity index (χ2n) is 11.6. The fourth-order valence-corrected chi connectivity index (χ4v) is 7.37. The minimum Gasteiger partial charge on any atom is -0.481 e. The molecule has 0 spiro atoms. The van der Waals surface area contributed by atoms with Crippen LogP contribution in [-0.4, -0.2) is 63.5 Å². The molecular weight excluding hydrogens is 626 g/mol. The number of carboxylic acid groups (broad SMARTS) is 1. The molecule has 0 saturated carbocycles. The number of piperazine rings is 1. The van der Waals surface area contributed by atoms with Crippen molar-refractivity contribution in [3.05, 3.63) is 62.0 Å². The van der Waals surface area contributed by atoms with E-state index < -0.39 is 5.97 Å². The van der Waals surface area contributed by atoms with Crippen LogP contribution in [-0.2, 0) is 16.1 Å². The lowest BCUT2D eigenvalue weighted by atomic mass is 10.0. The summed E-state index contributed by atoms with van der Waals surface area (Å²) in [6.07, 6.45) is 9.71. The molecule has 3 heterocycles. The van der Waals surface area contributed by atoms with Gasteiger partial charge >= 0.3 is 5.97 Å². The Balaban J connectivity index is 1.46. The highest BCUT2D eigenvalue weighted by atomic mass is 32.2. The molecule has 0 aliphatic carbocycles. The van der Waals surface area contributed by atoms with Crippen LogP contribution in [0.1, 0.15) is 81.4 Å². The van der Waals surface area contributed by atoms with E-state index in [2.05, 4.69) is 11.0 Å². The first-order valence-corrected chi connectivity index (χ1v) is 17.3. The molecule has 2 aliphatic heterocycles. The lowest BCUT2D eigenvalue weighted by Gasteiger charge is -2.39. The van der Waals surface area contributed by atoms with Crippen LogP contribution in [0, 0.1) is 24.1 Å². The third kappa shape index (κ3) is 8.36. The highest BCUT2D eigenvalue weighted by Gasteiger charge is 2.33. The SMILES string of the molecule is CCn1c(N2CCN(c3ccccc3F)CC2)c(/C=C2\SC(=S)N(CCCCCCCCCCC(=O)O)C2=O)c(C)c(C#N)c1=O. The molecule has 0 radical (unpaired) electrons. The number of amides is 1. The van der Waals surface area contributed by atoms with E-state index in [0.29, 0.717) is 71.1 Å². The molecule has 1 aromatic heterocycles. The Labute approximate surface area is 279 Å². The molecule has 4 rings (SSSR count). The predicted octanol–water partition coefficient (Wildman–Crippen LogP) is 6.31. The number of benzene rings is 1. The number of nitriles is 1. The zero-order valence-electron chi connectivity index (χ0n) is 26.6. The third-order valence-corrected chi connectivity index (χ3v) is 9.98. The molecule has 0 bridgehead atoms. The summed E-state index contributed by atoms with van der Waals surface area (Å²) < 4.78 is 16.6. The number of unbranched alkanes of at least 4 members (excludes halogenated alkanes) is 7. The summed E-state index contributed by atoms with van der Waals surface area (Å²) in [6.45, 7) is 6.64. The van der Waals surface area contributed by atoms with Gasteiger partial charge in [0.1, 0.15) is 27.6 Å². The molecule has 12 heteroatoms. The number of aromatic nitrogens is 1. The summed E-state index contributed by atoms with van der Waals surface area (Å²) in [5, 5.41) is 18.6. The van der Waals surface area contributed by atoms with Crippen LogP contribution >= 0.6 is 24.0 Å². The summed E-state index contributed by atoms with van der Waals surface area (Å²) in [5.41, 5.74) is 1.42. The number of aliphatic carboxylic acids is 1. The quantitative estimate of drug-likeness (QED) is 0.133. The molecule has 0 atom stereocenters. The molecule has 2 saturated heterocycles. The van der Waals surface area contributed by atoms with Crippen LogP contribution in [0.15, 0.2) is 34.0 Å². The minimum atomic E-state index is -0.741. The number of carbonyl (C=O) groups is 2. The Hall–Kier alpha value is -3.69. The zero-order valence-corrected chi connectivity index (χ0v) is 28.2. The summed E-state index contributed by atoms with van der Waals surface area (Å²) in [7, 11) is 0. The predicted molar refractivity (Wildman–Crippen MR) is 186 cm³/mol. The summed E-state index contributed by atoms with van der Waals surface area (Å²) in [6, 6.07) is 8.77. The third-order valence-electron chi connectivity index (χ3n) is 8.61. The normalized spacial score (nSPS) is 16.0. The number of hydrogen-bond donors (Lipinski definition) is 1. The number of hydrogen-bond acceptors (Lipinski definition) is 8. The lowest BCUT2D eigenvalue weighted by molar-refractivity contribution is -0.137. The van der Waals surface area contributed by atoms with E-state index in [1.165, 1.54) is 17.8 Å². The summed E-state index contributed by atoms with van der Waals surface area (Å²) >= 11 is 6.84. The van der Waals surface area contributed by atoms with Crippen molar-refractivity contribution in [1.82, 2.24) is 9.47 Å². The maximum absolute atomic E-state index is 14.5. The number of anilines is 2. The van der Waals surface area contributed by atoms with Crippen molar-refractivity contribution < 1.29 is 19.1 Å². The van der Waals surface area contributed by atoms with Crippen LogP contribution in [0.25, 0.3) is 6.08 Å². The van der Waals surface area contributed by atoms with Crippen molar-refractivity contribution in [2.75, 3.05) is 42.5 Å². The van der Waals surface area contributed by atoms with Gasteiger partial charge in [0.2, 0.25) is 0 Å². The maximum Gasteiger partial charge on any atom is 0.303 e. The van der Waals surface area contributed by atoms with E-state index in [4.69, 9.17) is 17.3 Å². The van der Waals surface area contributed by atoms with Gasteiger partial charge < -0.3 is 14.9 Å². The summed E-state index contributed by atoms with van der Waals surface area (Å²) in [4.78, 5) is 43.8. The Kier molecular flexibility index (Phi) is 12.8. The van der Waals surface area contributed by atoms with Gasteiger partial charge in [0.05, 0.1) is 10.6 Å². The first-order chi connectivity index (χ1) is 22.2. The van der Waals surface area contributed by atoms with Crippen molar-refractivity contribution in [3.8, 4) is 6.07 Å².